The molecule has 8 heteroatoms. The van der Waals surface area contributed by atoms with Gasteiger partial charge in [-0.1, -0.05) is 48.5 Å². The fraction of sp³-hybridized carbons (Fsp3) is 0.385. The molecular weight excluding hydrogens is 435 g/mol. The van der Waals surface area contributed by atoms with E-state index in [2.05, 4.69) is 5.10 Å². The number of ketones is 1. The van der Waals surface area contributed by atoms with Gasteiger partial charge in [0.05, 0.1) is 11.6 Å². The number of benzene rings is 2. The highest BCUT2D eigenvalue weighted by molar-refractivity contribution is 6.04. The molecule has 3 fully saturated rings. The summed E-state index contributed by atoms with van der Waals surface area (Å²) in [6, 6.07) is 15.6. The Morgan fingerprint density at radius 1 is 1.06 bits per heavy atom. The first-order valence-electron chi connectivity index (χ1n) is 11.7. The van der Waals surface area contributed by atoms with Crippen molar-refractivity contribution >= 4 is 28.5 Å². The molecule has 5 atom stereocenters. The molecule has 2 heterocycles. The summed E-state index contributed by atoms with van der Waals surface area (Å²) in [6.07, 6.45) is 2.00. The lowest BCUT2D eigenvalue weighted by atomic mass is 9.99. The van der Waals surface area contributed by atoms with Gasteiger partial charge in [0, 0.05) is 23.8 Å². The molecule has 7 nitrogen and oxygen atoms in total. The number of nitrogens with two attached hydrogens (primary N) is 1. The number of carbonyl (C=O) groups is 3. The molecule has 2 N–H and O–H groups in total. The number of alkyl halides is 1. The lowest BCUT2D eigenvalue weighted by Gasteiger charge is -2.27. The average Bonchev–Trinajstić information content (AvgIpc) is 3.65. The second-order valence-corrected chi connectivity index (χ2v) is 9.80. The maximum atomic E-state index is 15.3. The van der Waals surface area contributed by atoms with Gasteiger partial charge in [0.1, 0.15) is 12.2 Å². The Morgan fingerprint density at radius 3 is 2.56 bits per heavy atom. The summed E-state index contributed by atoms with van der Waals surface area (Å²) in [5.41, 5.74) is 5.39. The van der Waals surface area contributed by atoms with Crippen LogP contribution in [0.5, 0.6) is 0 Å². The van der Waals surface area contributed by atoms with Crippen LogP contribution in [0.1, 0.15) is 41.7 Å². The molecule has 0 radical (unpaired) electrons. The van der Waals surface area contributed by atoms with Crippen molar-refractivity contribution < 1.29 is 18.8 Å². The number of hydrogen-bond donors (Lipinski definition) is 1. The van der Waals surface area contributed by atoms with E-state index in [4.69, 9.17) is 5.73 Å². The van der Waals surface area contributed by atoms with Crippen LogP contribution in [0.4, 0.5) is 4.39 Å². The number of hydrogen-bond acceptors (Lipinski definition) is 4. The van der Waals surface area contributed by atoms with Gasteiger partial charge in [-0.05, 0) is 36.8 Å². The highest BCUT2D eigenvalue weighted by Crippen LogP contribution is 2.58. The standard InChI is InChI=1S/C26H25FN4O3/c27-26(16-6-2-1-3-7-16)13-17(26)12-22(32)21-11-15-10-20(15)31(21)23(33)14-30-19-9-5-4-8-18(19)24(29-30)25(28)34/h1-9,15,17,20-21H,10-14H2,(H2,28,34)/t15-,17+,20-,21+,26+/m1/s1. The highest BCUT2D eigenvalue weighted by atomic mass is 19.1. The second kappa shape index (κ2) is 7.48. The van der Waals surface area contributed by atoms with Gasteiger partial charge in [0.25, 0.3) is 5.91 Å². The first-order valence-corrected chi connectivity index (χ1v) is 11.7. The van der Waals surface area contributed by atoms with Gasteiger partial charge in [0.15, 0.2) is 11.5 Å². The van der Waals surface area contributed by atoms with Crippen LogP contribution >= 0.6 is 0 Å². The maximum absolute atomic E-state index is 15.3. The number of nitrogens with zero attached hydrogens (tertiary/aromatic N) is 3. The zero-order chi connectivity index (χ0) is 23.6. The van der Waals surface area contributed by atoms with E-state index in [1.165, 1.54) is 4.68 Å². The summed E-state index contributed by atoms with van der Waals surface area (Å²) in [5.74, 6) is -0.944. The number of primary amides is 1. The third kappa shape index (κ3) is 3.31. The van der Waals surface area contributed by atoms with Crippen molar-refractivity contribution in [3.63, 3.8) is 0 Å². The Labute approximate surface area is 195 Å². The molecule has 34 heavy (non-hydrogen) atoms. The number of Topliss-reactive ketones (excluding diaryl/α,β-unsaturated/α-hetero) is 1. The monoisotopic (exact) mass is 460 g/mol. The molecule has 0 bridgehead atoms. The van der Waals surface area contributed by atoms with Gasteiger partial charge in [-0.15, -0.1) is 0 Å². The van der Waals surface area contributed by atoms with Crippen LogP contribution in [0, 0.1) is 11.8 Å². The quantitative estimate of drug-likeness (QED) is 0.586. The number of halogens is 1. The number of amides is 2. The second-order valence-electron chi connectivity index (χ2n) is 9.80. The van der Waals surface area contributed by atoms with E-state index < -0.39 is 17.6 Å². The van der Waals surface area contributed by atoms with E-state index in [1.54, 1.807) is 53.4 Å². The van der Waals surface area contributed by atoms with Crippen LogP contribution in [0.15, 0.2) is 54.6 Å². The molecule has 174 valence electrons. The van der Waals surface area contributed by atoms with Gasteiger partial charge < -0.3 is 10.6 Å². The Balaban J connectivity index is 1.19. The topological polar surface area (TPSA) is 98.3 Å². The lowest BCUT2D eigenvalue weighted by Crippen LogP contribution is -2.45. The van der Waals surface area contributed by atoms with E-state index in [0.717, 1.165) is 6.42 Å². The number of fused-ring (bicyclic) bond motifs is 2. The summed E-state index contributed by atoms with van der Waals surface area (Å²) in [4.78, 5) is 40.1. The van der Waals surface area contributed by atoms with E-state index >= 15 is 4.39 Å². The van der Waals surface area contributed by atoms with Gasteiger partial charge in [0.2, 0.25) is 5.91 Å². The Bertz CT molecular complexity index is 1320. The summed E-state index contributed by atoms with van der Waals surface area (Å²) in [5, 5.41) is 4.87. The smallest absolute Gasteiger partial charge is 0.269 e. The minimum absolute atomic E-state index is 0.0577. The van der Waals surface area contributed by atoms with E-state index in [-0.39, 0.29) is 42.3 Å². The number of likely N-dealkylation sites (tertiary alicyclic amines) is 1. The molecule has 1 aromatic heterocycles. The first-order chi connectivity index (χ1) is 16.4. The normalized spacial score (nSPS) is 29.1. The number of carbonyl (C=O) groups excluding carboxylic acids is 3. The number of aromatic nitrogens is 2. The van der Waals surface area contributed by atoms with Crippen LogP contribution in [0.2, 0.25) is 0 Å². The largest absolute Gasteiger partial charge is 0.364 e. The first kappa shape index (κ1) is 21.0. The minimum atomic E-state index is -1.45. The minimum Gasteiger partial charge on any atom is -0.364 e. The van der Waals surface area contributed by atoms with Crippen LogP contribution < -0.4 is 5.73 Å². The van der Waals surface area contributed by atoms with Crippen molar-refractivity contribution in [2.75, 3.05) is 0 Å². The summed E-state index contributed by atoms with van der Waals surface area (Å²) < 4.78 is 16.8. The molecule has 2 amide bonds. The summed E-state index contributed by atoms with van der Waals surface area (Å²) >= 11 is 0. The molecule has 2 aliphatic carbocycles. The highest BCUT2D eigenvalue weighted by Gasteiger charge is 2.60. The van der Waals surface area contributed by atoms with Crippen molar-refractivity contribution in [2.24, 2.45) is 17.6 Å². The van der Waals surface area contributed by atoms with Crippen LogP contribution in [0.3, 0.4) is 0 Å². The third-order valence-corrected chi connectivity index (χ3v) is 7.67. The predicted molar refractivity (Wildman–Crippen MR) is 122 cm³/mol. The van der Waals surface area contributed by atoms with Crippen molar-refractivity contribution in [3.05, 3.63) is 65.9 Å². The fourth-order valence-electron chi connectivity index (χ4n) is 5.72. The molecule has 1 saturated heterocycles. The fourth-order valence-corrected chi connectivity index (χ4v) is 5.72. The molecular formula is C26H25FN4O3. The maximum Gasteiger partial charge on any atom is 0.269 e. The van der Waals surface area contributed by atoms with Gasteiger partial charge >= 0.3 is 0 Å². The summed E-state index contributed by atoms with van der Waals surface area (Å²) in [6.45, 7) is -0.0821. The molecule has 3 aliphatic rings. The Morgan fingerprint density at radius 2 is 1.79 bits per heavy atom. The van der Waals surface area contributed by atoms with Crippen molar-refractivity contribution in [3.8, 4) is 0 Å². The lowest BCUT2D eigenvalue weighted by molar-refractivity contribution is -0.139. The number of para-hydroxylation sites is 1. The van der Waals surface area contributed by atoms with E-state index in [1.807, 2.05) is 6.07 Å². The molecule has 6 rings (SSSR count). The number of piperidine rings is 1. The van der Waals surface area contributed by atoms with Crippen molar-refractivity contribution in [2.45, 2.75) is 50.0 Å². The van der Waals surface area contributed by atoms with Crippen molar-refractivity contribution in [1.29, 1.82) is 0 Å². The summed E-state index contributed by atoms with van der Waals surface area (Å²) in [7, 11) is 0. The molecule has 3 aromatic rings. The molecule has 2 aromatic carbocycles. The molecule has 0 unspecified atom stereocenters. The molecule has 2 saturated carbocycles. The average molecular weight is 461 g/mol. The zero-order valence-electron chi connectivity index (χ0n) is 18.6. The van der Waals surface area contributed by atoms with Crippen LogP contribution in [-0.2, 0) is 21.8 Å². The van der Waals surface area contributed by atoms with Gasteiger partial charge in [-0.2, -0.15) is 5.10 Å². The number of rotatable bonds is 7. The van der Waals surface area contributed by atoms with Crippen molar-refractivity contribution in [1.82, 2.24) is 14.7 Å². The molecule has 1 aliphatic heterocycles. The third-order valence-electron chi connectivity index (χ3n) is 7.67. The van der Waals surface area contributed by atoms with E-state index in [9.17, 15) is 14.4 Å². The van der Waals surface area contributed by atoms with Crippen LogP contribution in [0.25, 0.3) is 10.9 Å². The van der Waals surface area contributed by atoms with Crippen LogP contribution in [-0.4, -0.2) is 44.4 Å². The Hall–Kier alpha value is -3.55. The predicted octanol–water partition coefficient (Wildman–Crippen LogP) is 2.97. The molecule has 0 spiro atoms. The SMILES string of the molecule is NC(=O)c1nn(CC(=O)N2[C@@H]3C[C@@H]3C[C@H]2C(=O)C[C@H]2C[C@]2(F)c2ccccc2)c2ccccc12. The zero-order valence-corrected chi connectivity index (χ0v) is 18.6. The van der Waals surface area contributed by atoms with E-state index in [0.29, 0.717) is 35.2 Å². The van der Waals surface area contributed by atoms with Gasteiger partial charge in [-0.3, -0.25) is 19.1 Å². The Kier molecular flexibility index (Phi) is 4.62. The van der Waals surface area contributed by atoms with Gasteiger partial charge in [-0.25, -0.2) is 4.39 Å².